The lowest BCUT2D eigenvalue weighted by atomic mass is 10.1. The van der Waals surface area contributed by atoms with E-state index in [1.807, 2.05) is 30.3 Å². The van der Waals surface area contributed by atoms with Crippen molar-refractivity contribution in [3.8, 4) is 6.07 Å². The summed E-state index contributed by atoms with van der Waals surface area (Å²) in [7, 11) is 0. The minimum absolute atomic E-state index is 0.00365. The van der Waals surface area contributed by atoms with Crippen LogP contribution in [0.15, 0.2) is 71.8 Å². The zero-order valence-corrected chi connectivity index (χ0v) is 15.1. The third-order valence-electron chi connectivity index (χ3n) is 3.85. The minimum atomic E-state index is -0.536. The fraction of sp³-hybridized carbons (Fsp3) is 0.0500. The fourth-order valence-corrected chi connectivity index (χ4v) is 2.54. The van der Waals surface area contributed by atoms with Gasteiger partial charge in [0.15, 0.2) is 0 Å². The highest BCUT2D eigenvalue weighted by atomic mass is 16.2. The number of hydrogen-bond acceptors (Lipinski definition) is 6. The van der Waals surface area contributed by atoms with Crippen LogP contribution in [0.2, 0.25) is 0 Å². The maximum Gasteiger partial charge on any atom is 0.278 e. The maximum absolute atomic E-state index is 12.7. The molecule has 0 aliphatic rings. The molecule has 0 aliphatic heterocycles. The van der Waals surface area contributed by atoms with E-state index in [0.717, 1.165) is 11.0 Å². The number of imidazole rings is 1. The average Bonchev–Trinajstić information content (AvgIpc) is 3.10. The number of amides is 1. The standard InChI is InChI=1S/C20H17N7O/c1-3-15(14-8-9-23-11-13(14)10-21)24-18(12(2)22)19(28)27-20-25-16-6-4-5-7-17(16)26-20/h3-9,11H,1,22H2,2H3,(H2,25,26,27,28)/b18-12+,24-15+. The Morgan fingerprint density at radius 3 is 2.86 bits per heavy atom. The highest BCUT2D eigenvalue weighted by Gasteiger charge is 2.16. The van der Waals surface area contributed by atoms with E-state index >= 15 is 0 Å². The third-order valence-corrected chi connectivity index (χ3v) is 3.85. The number of benzene rings is 1. The first kappa shape index (κ1) is 18.5. The van der Waals surface area contributed by atoms with Gasteiger partial charge in [-0.2, -0.15) is 5.26 Å². The van der Waals surface area contributed by atoms with E-state index < -0.39 is 5.91 Å². The number of aromatic nitrogens is 3. The van der Waals surface area contributed by atoms with Gasteiger partial charge in [-0.1, -0.05) is 18.7 Å². The number of rotatable bonds is 5. The molecule has 3 rings (SSSR count). The number of nitriles is 1. The molecule has 1 aromatic carbocycles. The molecule has 8 nitrogen and oxygen atoms in total. The molecule has 0 bridgehead atoms. The van der Waals surface area contributed by atoms with Crippen LogP contribution in [-0.4, -0.2) is 26.6 Å². The summed E-state index contributed by atoms with van der Waals surface area (Å²) in [4.78, 5) is 28.3. The Morgan fingerprint density at radius 1 is 1.39 bits per heavy atom. The normalized spacial score (nSPS) is 12.2. The maximum atomic E-state index is 12.7. The van der Waals surface area contributed by atoms with Gasteiger partial charge >= 0.3 is 0 Å². The van der Waals surface area contributed by atoms with Crippen molar-refractivity contribution in [1.29, 1.82) is 5.26 Å². The number of nitrogens with two attached hydrogens (primary N) is 1. The number of aromatic amines is 1. The highest BCUT2D eigenvalue weighted by molar-refractivity contribution is 6.13. The summed E-state index contributed by atoms with van der Waals surface area (Å²) in [6, 6.07) is 11.1. The van der Waals surface area contributed by atoms with Gasteiger partial charge in [0.2, 0.25) is 5.95 Å². The molecule has 8 heteroatoms. The number of hydrogen-bond donors (Lipinski definition) is 3. The van der Waals surface area contributed by atoms with Crippen molar-refractivity contribution in [2.45, 2.75) is 6.92 Å². The number of para-hydroxylation sites is 2. The van der Waals surface area contributed by atoms with Crippen LogP contribution in [0.5, 0.6) is 0 Å². The van der Waals surface area contributed by atoms with Crippen LogP contribution in [0, 0.1) is 11.3 Å². The zero-order valence-electron chi connectivity index (χ0n) is 15.1. The highest BCUT2D eigenvalue weighted by Crippen LogP contribution is 2.16. The van der Waals surface area contributed by atoms with Crippen LogP contribution in [0.1, 0.15) is 18.1 Å². The van der Waals surface area contributed by atoms with Gasteiger partial charge in [0.25, 0.3) is 5.91 Å². The van der Waals surface area contributed by atoms with Crippen LogP contribution >= 0.6 is 0 Å². The van der Waals surface area contributed by atoms with Crippen molar-refractivity contribution in [3.63, 3.8) is 0 Å². The molecule has 0 saturated heterocycles. The Labute approximate surface area is 161 Å². The summed E-state index contributed by atoms with van der Waals surface area (Å²) in [6.45, 7) is 5.29. The molecule has 0 fully saturated rings. The second-order valence-electron chi connectivity index (χ2n) is 5.82. The number of fused-ring (bicyclic) bond motifs is 1. The number of carbonyl (C=O) groups excluding carboxylic acids is 1. The smallest absolute Gasteiger partial charge is 0.278 e. The van der Waals surface area contributed by atoms with Crippen LogP contribution in [0.25, 0.3) is 11.0 Å². The van der Waals surface area contributed by atoms with Gasteiger partial charge in [0.1, 0.15) is 11.8 Å². The summed E-state index contributed by atoms with van der Waals surface area (Å²) >= 11 is 0. The van der Waals surface area contributed by atoms with Crippen molar-refractivity contribution in [2.75, 3.05) is 5.32 Å². The average molecular weight is 371 g/mol. The fourth-order valence-electron chi connectivity index (χ4n) is 2.54. The van der Waals surface area contributed by atoms with Crippen LogP contribution in [0.3, 0.4) is 0 Å². The van der Waals surface area contributed by atoms with Crippen LogP contribution in [0.4, 0.5) is 5.95 Å². The second-order valence-corrected chi connectivity index (χ2v) is 5.82. The molecule has 0 unspecified atom stereocenters. The summed E-state index contributed by atoms with van der Waals surface area (Å²) in [6.07, 6.45) is 4.40. The minimum Gasteiger partial charge on any atom is -0.400 e. The van der Waals surface area contributed by atoms with Crippen molar-refractivity contribution < 1.29 is 4.79 Å². The second kappa shape index (κ2) is 7.97. The lowest BCUT2D eigenvalue weighted by Gasteiger charge is -2.08. The van der Waals surface area contributed by atoms with E-state index in [1.54, 1.807) is 13.0 Å². The van der Waals surface area contributed by atoms with Crippen molar-refractivity contribution >= 4 is 28.6 Å². The number of carbonyl (C=O) groups is 1. The van der Waals surface area contributed by atoms with Gasteiger partial charge in [-0.3, -0.25) is 15.1 Å². The summed E-state index contributed by atoms with van der Waals surface area (Å²) in [5.74, 6) is -0.257. The molecular formula is C20H17N7O. The molecule has 0 spiro atoms. The van der Waals surface area contributed by atoms with E-state index in [1.165, 1.54) is 18.5 Å². The lowest BCUT2D eigenvalue weighted by molar-refractivity contribution is -0.113. The third kappa shape index (κ3) is 3.78. The number of aliphatic imine (C=N–C) groups is 1. The van der Waals surface area contributed by atoms with Gasteiger partial charge in [-0.05, 0) is 31.2 Å². The molecular weight excluding hydrogens is 354 g/mol. The molecule has 0 aliphatic carbocycles. The Hall–Kier alpha value is -4.25. The SMILES string of the molecule is C=C/C(=N\C(C(=O)Nc1nc2ccccc2[nH]1)=C(/C)N)c1ccncc1C#N. The zero-order chi connectivity index (χ0) is 20.1. The largest absolute Gasteiger partial charge is 0.400 e. The summed E-state index contributed by atoms with van der Waals surface area (Å²) in [5, 5.41) is 11.9. The number of pyridine rings is 1. The molecule has 0 atom stereocenters. The predicted molar refractivity (Wildman–Crippen MR) is 107 cm³/mol. The first-order valence-corrected chi connectivity index (χ1v) is 8.31. The summed E-state index contributed by atoms with van der Waals surface area (Å²) < 4.78 is 0. The van der Waals surface area contributed by atoms with Gasteiger partial charge in [0, 0.05) is 23.7 Å². The Morgan fingerprint density at radius 2 is 2.18 bits per heavy atom. The Balaban J connectivity index is 1.95. The number of nitrogens with one attached hydrogen (secondary N) is 2. The number of anilines is 1. The Kier molecular flexibility index (Phi) is 5.28. The van der Waals surface area contributed by atoms with E-state index in [9.17, 15) is 10.1 Å². The molecule has 3 aromatic rings. The number of allylic oxidation sites excluding steroid dienone is 2. The van der Waals surface area contributed by atoms with Crippen molar-refractivity contribution in [3.05, 3.63) is 77.9 Å². The van der Waals surface area contributed by atoms with Gasteiger partial charge in [-0.25, -0.2) is 9.98 Å². The topological polar surface area (TPSA) is 133 Å². The predicted octanol–water partition coefficient (Wildman–Crippen LogP) is 2.63. The van der Waals surface area contributed by atoms with Crippen LogP contribution in [-0.2, 0) is 4.79 Å². The number of H-pyrrole nitrogens is 1. The molecule has 2 heterocycles. The monoisotopic (exact) mass is 371 g/mol. The van der Waals surface area contributed by atoms with Gasteiger partial charge in [-0.15, -0.1) is 0 Å². The lowest BCUT2D eigenvalue weighted by Crippen LogP contribution is -2.19. The van der Waals surface area contributed by atoms with Crippen molar-refractivity contribution in [2.24, 2.45) is 10.7 Å². The van der Waals surface area contributed by atoms with Crippen LogP contribution < -0.4 is 11.1 Å². The van der Waals surface area contributed by atoms with Crippen molar-refractivity contribution in [1.82, 2.24) is 15.0 Å². The first-order valence-electron chi connectivity index (χ1n) is 8.31. The molecule has 1 amide bonds. The van der Waals surface area contributed by atoms with Gasteiger partial charge in [0.05, 0.1) is 22.3 Å². The van der Waals surface area contributed by atoms with E-state index in [2.05, 4.69) is 31.8 Å². The van der Waals surface area contributed by atoms with E-state index in [4.69, 9.17) is 5.73 Å². The van der Waals surface area contributed by atoms with E-state index in [0.29, 0.717) is 16.8 Å². The molecule has 138 valence electrons. The first-order chi connectivity index (χ1) is 13.5. The van der Waals surface area contributed by atoms with E-state index in [-0.39, 0.29) is 17.3 Å². The number of nitrogens with zero attached hydrogens (tertiary/aromatic N) is 4. The van der Waals surface area contributed by atoms with Gasteiger partial charge < -0.3 is 10.7 Å². The molecule has 0 radical (unpaired) electrons. The molecule has 0 saturated carbocycles. The molecule has 4 N–H and O–H groups in total. The molecule has 28 heavy (non-hydrogen) atoms. The quantitative estimate of drug-likeness (QED) is 0.468. The summed E-state index contributed by atoms with van der Waals surface area (Å²) in [5.41, 5.74) is 8.75. The molecule has 2 aromatic heterocycles. The Bertz CT molecular complexity index is 1130.